The predicted octanol–water partition coefficient (Wildman–Crippen LogP) is 3.26. The smallest absolute Gasteiger partial charge is 0.444 e. The van der Waals surface area contributed by atoms with E-state index in [1.807, 2.05) is 61.5 Å². The average molecular weight is 363 g/mol. The van der Waals surface area contributed by atoms with Gasteiger partial charge in [-0.25, -0.2) is 9.78 Å². The van der Waals surface area contributed by atoms with Crippen LogP contribution in [0.25, 0.3) is 6.08 Å². The van der Waals surface area contributed by atoms with E-state index in [-0.39, 0.29) is 6.54 Å². The number of nitrogens with one attached hydrogen (secondary N) is 2. The fraction of sp³-hybridized carbons (Fsp3) is 0.667. The Hall–Kier alpha value is -1.80. The number of rotatable bonds is 4. The molecule has 0 aromatic carbocycles. The van der Waals surface area contributed by atoms with Crippen molar-refractivity contribution in [3.8, 4) is 0 Å². The van der Waals surface area contributed by atoms with Crippen molar-refractivity contribution in [2.45, 2.75) is 72.2 Å². The zero-order valence-electron chi connectivity index (χ0n) is 17.0. The number of aryl methyl sites for hydroxylation is 1. The van der Waals surface area contributed by atoms with Gasteiger partial charge in [-0.05, 0) is 66.9 Å². The molecule has 1 aliphatic rings. The number of ether oxygens (including phenoxy) is 1. The number of nitrogens with zero attached hydrogens (tertiary/aromatic N) is 1. The van der Waals surface area contributed by atoms with Gasteiger partial charge in [0, 0.05) is 6.54 Å². The highest BCUT2D eigenvalue weighted by atomic mass is 16.7. The molecule has 1 aromatic heterocycles. The van der Waals surface area contributed by atoms with Crippen LogP contribution < -0.4 is 5.32 Å². The van der Waals surface area contributed by atoms with Crippen LogP contribution in [0, 0.1) is 6.92 Å². The maximum atomic E-state index is 12.0. The highest BCUT2D eigenvalue weighted by Gasteiger charge is 2.52. The Morgan fingerprint density at radius 2 is 1.88 bits per heavy atom. The first-order valence-corrected chi connectivity index (χ1v) is 8.84. The van der Waals surface area contributed by atoms with Crippen molar-refractivity contribution in [3.63, 3.8) is 0 Å². The van der Waals surface area contributed by atoms with Gasteiger partial charge in [0.05, 0.1) is 23.1 Å². The largest absolute Gasteiger partial charge is 0.492 e. The normalized spacial score (nSPS) is 19.5. The molecule has 0 atom stereocenters. The summed E-state index contributed by atoms with van der Waals surface area (Å²) in [6, 6.07) is 0. The molecule has 1 fully saturated rings. The van der Waals surface area contributed by atoms with Gasteiger partial charge >= 0.3 is 13.2 Å². The Kier molecular flexibility index (Phi) is 5.59. The van der Waals surface area contributed by atoms with Crippen molar-refractivity contribution in [2.75, 3.05) is 6.54 Å². The first-order chi connectivity index (χ1) is 11.8. The zero-order valence-corrected chi connectivity index (χ0v) is 17.0. The lowest BCUT2D eigenvalue weighted by atomic mass is 9.77. The van der Waals surface area contributed by atoms with Crippen molar-refractivity contribution in [3.05, 3.63) is 23.2 Å². The Morgan fingerprint density at radius 3 is 2.35 bits per heavy atom. The van der Waals surface area contributed by atoms with Crippen LogP contribution in [0.15, 0.2) is 11.7 Å². The van der Waals surface area contributed by atoms with Gasteiger partial charge in [-0.15, -0.1) is 0 Å². The maximum absolute atomic E-state index is 12.0. The number of H-pyrrole nitrogens is 1. The summed E-state index contributed by atoms with van der Waals surface area (Å²) in [5.74, 6) is 0.810. The Balaban J connectivity index is 2.18. The molecule has 0 radical (unpaired) electrons. The van der Waals surface area contributed by atoms with Crippen LogP contribution in [0.2, 0.25) is 0 Å². The second-order valence-corrected chi connectivity index (χ2v) is 8.59. The fourth-order valence-corrected chi connectivity index (χ4v) is 2.40. The second-order valence-electron chi connectivity index (χ2n) is 8.59. The summed E-state index contributed by atoms with van der Waals surface area (Å²) in [5.41, 5.74) is 0.106. The van der Waals surface area contributed by atoms with Crippen molar-refractivity contribution in [1.29, 1.82) is 0 Å². The first kappa shape index (κ1) is 20.5. The number of carbonyl (C=O) groups is 1. The van der Waals surface area contributed by atoms with E-state index >= 15 is 0 Å². The summed E-state index contributed by atoms with van der Waals surface area (Å²) in [6.45, 7) is 15.6. The molecule has 1 amide bonds. The topological polar surface area (TPSA) is 85.5 Å². The van der Waals surface area contributed by atoms with Crippen molar-refractivity contribution < 1.29 is 18.8 Å². The summed E-state index contributed by atoms with van der Waals surface area (Å²) < 4.78 is 17.6. The van der Waals surface area contributed by atoms with Crippen LogP contribution >= 0.6 is 0 Å². The highest BCUT2D eigenvalue weighted by Crippen LogP contribution is 2.38. The summed E-state index contributed by atoms with van der Waals surface area (Å²) >= 11 is 0. The number of carbonyl (C=O) groups excluding carboxylic acids is 1. The summed E-state index contributed by atoms with van der Waals surface area (Å²) in [5, 5.41) is 2.77. The minimum absolute atomic E-state index is 0.240. The standard InChI is InChI=1S/C18H30BN3O4/c1-12-20-11-14(22-12)9-13(10-21-15(23)24-16(2,3)4)19-25-17(5,6)18(7,8)26-19/h9,11H,10H2,1-8H3,(H,20,22)(H,21,23). The number of imidazole rings is 1. The summed E-state index contributed by atoms with van der Waals surface area (Å²) in [4.78, 5) is 19.4. The van der Waals surface area contributed by atoms with E-state index in [0.29, 0.717) is 0 Å². The molecule has 0 aliphatic carbocycles. The Bertz CT molecular complexity index is 673. The molecule has 2 rings (SSSR count). The quantitative estimate of drug-likeness (QED) is 0.802. The predicted molar refractivity (Wildman–Crippen MR) is 102 cm³/mol. The summed E-state index contributed by atoms with van der Waals surface area (Å²) in [7, 11) is -0.571. The Morgan fingerprint density at radius 1 is 1.31 bits per heavy atom. The van der Waals surface area contributed by atoms with Gasteiger partial charge in [0.25, 0.3) is 0 Å². The SMILES string of the molecule is Cc1ncc(C=C(CNC(=O)OC(C)(C)C)B2OC(C)(C)C(C)(C)O2)[nH]1. The van der Waals surface area contributed by atoms with E-state index < -0.39 is 30.0 Å². The van der Waals surface area contributed by atoms with Crippen LogP contribution in [-0.4, -0.2) is 46.5 Å². The molecule has 0 saturated carbocycles. The van der Waals surface area contributed by atoms with Gasteiger partial charge in [0.15, 0.2) is 0 Å². The minimum atomic E-state index is -0.571. The van der Waals surface area contributed by atoms with Crippen molar-refractivity contribution in [1.82, 2.24) is 15.3 Å². The number of amides is 1. The van der Waals surface area contributed by atoms with E-state index in [1.165, 1.54) is 0 Å². The number of alkyl carbamates (subject to hydrolysis) is 1. The zero-order chi connectivity index (χ0) is 19.8. The molecule has 0 spiro atoms. The number of hydrogen-bond acceptors (Lipinski definition) is 5. The fourth-order valence-electron chi connectivity index (χ4n) is 2.40. The monoisotopic (exact) mass is 363 g/mol. The van der Waals surface area contributed by atoms with Gasteiger partial charge < -0.3 is 24.3 Å². The molecule has 2 N–H and O–H groups in total. The molecule has 1 aromatic rings. The van der Waals surface area contributed by atoms with E-state index in [9.17, 15) is 4.79 Å². The third-order valence-electron chi connectivity index (χ3n) is 4.46. The third-order valence-corrected chi connectivity index (χ3v) is 4.46. The van der Waals surface area contributed by atoms with Gasteiger partial charge in [0.2, 0.25) is 0 Å². The number of hydrogen-bond donors (Lipinski definition) is 2. The molecule has 1 saturated heterocycles. The number of aromatic nitrogens is 2. The maximum Gasteiger partial charge on any atom is 0.492 e. The van der Waals surface area contributed by atoms with Crippen molar-refractivity contribution >= 4 is 19.3 Å². The number of aromatic amines is 1. The average Bonchev–Trinajstić information content (AvgIpc) is 2.93. The van der Waals surface area contributed by atoms with Crippen molar-refractivity contribution in [2.24, 2.45) is 0 Å². The van der Waals surface area contributed by atoms with Gasteiger partial charge in [-0.2, -0.15) is 0 Å². The first-order valence-electron chi connectivity index (χ1n) is 8.84. The van der Waals surface area contributed by atoms with Crippen LogP contribution in [0.5, 0.6) is 0 Å². The molecular formula is C18H30BN3O4. The molecule has 7 nitrogen and oxygen atoms in total. The molecule has 8 heteroatoms. The second kappa shape index (κ2) is 7.08. The van der Waals surface area contributed by atoms with Crippen LogP contribution in [0.4, 0.5) is 4.79 Å². The van der Waals surface area contributed by atoms with E-state index in [1.54, 1.807) is 6.20 Å². The van der Waals surface area contributed by atoms with E-state index in [0.717, 1.165) is 17.0 Å². The lowest BCUT2D eigenvalue weighted by Crippen LogP contribution is -2.41. The van der Waals surface area contributed by atoms with Gasteiger partial charge in [0.1, 0.15) is 11.4 Å². The van der Waals surface area contributed by atoms with Gasteiger partial charge in [-0.1, -0.05) is 0 Å². The lowest BCUT2D eigenvalue weighted by molar-refractivity contribution is 0.00578. The van der Waals surface area contributed by atoms with E-state index in [4.69, 9.17) is 14.0 Å². The molecule has 0 bridgehead atoms. The third kappa shape index (κ3) is 5.11. The lowest BCUT2D eigenvalue weighted by Gasteiger charge is -2.32. The van der Waals surface area contributed by atoms with Crippen LogP contribution in [0.1, 0.15) is 60.0 Å². The molecular weight excluding hydrogens is 333 g/mol. The summed E-state index contributed by atoms with van der Waals surface area (Å²) in [6.07, 6.45) is 3.13. The molecule has 1 aliphatic heterocycles. The molecule has 26 heavy (non-hydrogen) atoms. The molecule has 0 unspecified atom stereocenters. The van der Waals surface area contributed by atoms with Crippen LogP contribution in [0.3, 0.4) is 0 Å². The highest BCUT2D eigenvalue weighted by molar-refractivity contribution is 6.56. The Labute approximate surface area is 156 Å². The molecule has 2 heterocycles. The van der Waals surface area contributed by atoms with Gasteiger partial charge in [-0.3, -0.25) is 0 Å². The van der Waals surface area contributed by atoms with E-state index in [2.05, 4.69) is 15.3 Å². The molecule has 144 valence electrons. The van der Waals surface area contributed by atoms with Crippen LogP contribution in [-0.2, 0) is 14.0 Å². The minimum Gasteiger partial charge on any atom is -0.444 e.